The van der Waals surface area contributed by atoms with Gasteiger partial charge in [0.25, 0.3) is 0 Å². The molecule has 88 valence electrons. The Labute approximate surface area is 103 Å². The molecule has 0 aliphatic heterocycles. The fourth-order valence-corrected chi connectivity index (χ4v) is 3.73. The number of benzene rings is 1. The van der Waals surface area contributed by atoms with Crippen molar-refractivity contribution in [3.8, 4) is 0 Å². The summed E-state index contributed by atoms with van der Waals surface area (Å²) >= 11 is 2.07. The molecular weight excluding hydrogens is 214 g/mol. The number of fused-ring (bicyclic) bond motifs is 1. The number of hydrogen-bond acceptors (Lipinski definition) is 2. The molecule has 0 spiro atoms. The van der Waals surface area contributed by atoms with Gasteiger partial charge in [-0.25, -0.2) is 0 Å². The van der Waals surface area contributed by atoms with Crippen LogP contribution in [0.3, 0.4) is 0 Å². The van der Waals surface area contributed by atoms with E-state index >= 15 is 0 Å². The van der Waals surface area contributed by atoms with Gasteiger partial charge in [0.2, 0.25) is 0 Å². The molecule has 1 aromatic rings. The van der Waals surface area contributed by atoms with E-state index in [0.717, 1.165) is 0 Å². The van der Waals surface area contributed by atoms with Crippen LogP contribution in [0.25, 0.3) is 0 Å². The normalized spacial score (nSPS) is 24.1. The third-order valence-corrected chi connectivity index (χ3v) is 4.82. The zero-order valence-electron chi connectivity index (χ0n) is 9.99. The number of nitrogens with two attached hydrogens (primary N) is 1. The molecule has 0 radical (unpaired) electrons. The summed E-state index contributed by atoms with van der Waals surface area (Å²) in [7, 11) is 0. The zero-order valence-corrected chi connectivity index (χ0v) is 10.8. The molecule has 0 fully saturated rings. The highest BCUT2D eigenvalue weighted by atomic mass is 32.2. The van der Waals surface area contributed by atoms with Gasteiger partial charge >= 0.3 is 0 Å². The lowest BCUT2D eigenvalue weighted by atomic mass is 9.88. The molecule has 1 aliphatic carbocycles. The van der Waals surface area contributed by atoms with E-state index in [1.165, 1.54) is 42.6 Å². The van der Waals surface area contributed by atoms with Gasteiger partial charge in [0.05, 0.1) is 0 Å². The smallest absolute Gasteiger partial charge is 0.0418 e. The SMILES string of the molecule is CCCCSC1CCc2ccccc2C1N. The fourth-order valence-electron chi connectivity index (χ4n) is 2.33. The minimum absolute atomic E-state index is 0.242. The zero-order chi connectivity index (χ0) is 11.4. The van der Waals surface area contributed by atoms with Crippen molar-refractivity contribution in [1.29, 1.82) is 0 Å². The van der Waals surface area contributed by atoms with Crippen LogP contribution in [0.4, 0.5) is 0 Å². The van der Waals surface area contributed by atoms with Gasteiger partial charge in [-0.3, -0.25) is 0 Å². The molecule has 0 saturated heterocycles. The van der Waals surface area contributed by atoms with E-state index in [2.05, 4.69) is 43.0 Å². The molecule has 2 atom stereocenters. The first-order valence-electron chi connectivity index (χ1n) is 6.28. The molecule has 1 aliphatic rings. The molecule has 0 amide bonds. The lowest BCUT2D eigenvalue weighted by Crippen LogP contribution is -2.29. The lowest BCUT2D eigenvalue weighted by Gasteiger charge is -2.30. The van der Waals surface area contributed by atoms with E-state index in [-0.39, 0.29) is 6.04 Å². The summed E-state index contributed by atoms with van der Waals surface area (Å²) in [5, 5.41) is 0.626. The topological polar surface area (TPSA) is 26.0 Å². The van der Waals surface area contributed by atoms with Gasteiger partial charge in [-0.05, 0) is 36.1 Å². The van der Waals surface area contributed by atoms with Gasteiger partial charge < -0.3 is 5.73 Å². The Morgan fingerprint density at radius 2 is 2.19 bits per heavy atom. The van der Waals surface area contributed by atoms with Crippen LogP contribution in [0.15, 0.2) is 24.3 Å². The quantitative estimate of drug-likeness (QED) is 0.808. The van der Waals surface area contributed by atoms with Crippen molar-refractivity contribution < 1.29 is 0 Å². The summed E-state index contributed by atoms with van der Waals surface area (Å²) in [6, 6.07) is 8.90. The van der Waals surface area contributed by atoms with Crippen molar-refractivity contribution >= 4 is 11.8 Å². The maximum absolute atomic E-state index is 6.35. The number of rotatable bonds is 4. The maximum Gasteiger partial charge on any atom is 0.0418 e. The lowest BCUT2D eigenvalue weighted by molar-refractivity contribution is 0.586. The standard InChI is InChI=1S/C14H21NS/c1-2-3-10-16-13-9-8-11-6-4-5-7-12(11)14(13)15/h4-7,13-14H,2-3,8-10,15H2,1H3. The third-order valence-electron chi connectivity index (χ3n) is 3.34. The fraction of sp³-hybridized carbons (Fsp3) is 0.571. The first kappa shape index (κ1) is 12.0. The van der Waals surface area contributed by atoms with Crippen molar-refractivity contribution in [1.82, 2.24) is 0 Å². The van der Waals surface area contributed by atoms with Crippen molar-refractivity contribution in [2.75, 3.05) is 5.75 Å². The van der Waals surface area contributed by atoms with Crippen LogP contribution in [-0.4, -0.2) is 11.0 Å². The van der Waals surface area contributed by atoms with Gasteiger partial charge in [0.1, 0.15) is 0 Å². The van der Waals surface area contributed by atoms with Crippen LogP contribution in [-0.2, 0) is 6.42 Å². The summed E-state index contributed by atoms with van der Waals surface area (Å²) in [6.45, 7) is 2.25. The number of aryl methyl sites for hydroxylation is 1. The predicted octanol–water partition coefficient (Wildman–Crippen LogP) is 3.53. The van der Waals surface area contributed by atoms with Crippen molar-refractivity contribution in [3.63, 3.8) is 0 Å². The Balaban J connectivity index is 2.00. The molecule has 0 saturated carbocycles. The second-order valence-electron chi connectivity index (χ2n) is 4.53. The van der Waals surface area contributed by atoms with Crippen LogP contribution in [0.1, 0.15) is 43.4 Å². The van der Waals surface area contributed by atoms with E-state index < -0.39 is 0 Å². The summed E-state index contributed by atoms with van der Waals surface area (Å²) in [5.74, 6) is 1.26. The molecule has 2 unspecified atom stereocenters. The van der Waals surface area contributed by atoms with Crippen LogP contribution >= 0.6 is 11.8 Å². The minimum Gasteiger partial charge on any atom is -0.323 e. The molecule has 2 N–H and O–H groups in total. The molecule has 1 aromatic carbocycles. The Kier molecular flexibility index (Phi) is 4.30. The Bertz CT molecular complexity index is 337. The predicted molar refractivity (Wildman–Crippen MR) is 72.8 cm³/mol. The van der Waals surface area contributed by atoms with Gasteiger partial charge in [-0.1, -0.05) is 37.6 Å². The summed E-state index contributed by atoms with van der Waals surface area (Å²) in [5.41, 5.74) is 9.19. The van der Waals surface area contributed by atoms with Crippen LogP contribution in [0, 0.1) is 0 Å². The molecular formula is C14H21NS. The van der Waals surface area contributed by atoms with Crippen LogP contribution in [0.5, 0.6) is 0 Å². The number of thioether (sulfide) groups is 1. The van der Waals surface area contributed by atoms with Gasteiger partial charge in [-0.15, -0.1) is 0 Å². The maximum atomic E-state index is 6.35. The van der Waals surface area contributed by atoms with Crippen molar-refractivity contribution in [2.24, 2.45) is 5.73 Å². The van der Waals surface area contributed by atoms with E-state index in [4.69, 9.17) is 5.73 Å². The monoisotopic (exact) mass is 235 g/mol. The second kappa shape index (κ2) is 5.74. The molecule has 2 heteroatoms. The van der Waals surface area contributed by atoms with Crippen LogP contribution < -0.4 is 5.73 Å². The molecule has 2 rings (SSSR count). The summed E-state index contributed by atoms with van der Waals surface area (Å²) in [4.78, 5) is 0. The van der Waals surface area contributed by atoms with Crippen LogP contribution in [0.2, 0.25) is 0 Å². The molecule has 0 bridgehead atoms. The third kappa shape index (κ3) is 2.61. The molecule has 0 aromatic heterocycles. The van der Waals surface area contributed by atoms with E-state index in [1.807, 2.05) is 0 Å². The highest BCUT2D eigenvalue weighted by molar-refractivity contribution is 7.99. The molecule has 16 heavy (non-hydrogen) atoms. The van der Waals surface area contributed by atoms with Gasteiger partial charge in [0.15, 0.2) is 0 Å². The second-order valence-corrected chi connectivity index (χ2v) is 5.87. The average molecular weight is 235 g/mol. The molecule has 1 nitrogen and oxygen atoms in total. The van der Waals surface area contributed by atoms with Crippen molar-refractivity contribution in [2.45, 2.75) is 43.9 Å². The van der Waals surface area contributed by atoms with E-state index in [9.17, 15) is 0 Å². The number of unbranched alkanes of at least 4 members (excludes halogenated alkanes) is 1. The largest absolute Gasteiger partial charge is 0.323 e. The first-order valence-corrected chi connectivity index (χ1v) is 7.32. The average Bonchev–Trinajstić information content (AvgIpc) is 2.33. The Morgan fingerprint density at radius 1 is 1.38 bits per heavy atom. The van der Waals surface area contributed by atoms with E-state index in [1.54, 1.807) is 0 Å². The highest BCUT2D eigenvalue weighted by Crippen LogP contribution is 2.35. The summed E-state index contributed by atoms with van der Waals surface area (Å²) in [6.07, 6.45) is 5.04. The van der Waals surface area contributed by atoms with Crippen molar-refractivity contribution in [3.05, 3.63) is 35.4 Å². The molecule has 0 heterocycles. The van der Waals surface area contributed by atoms with Gasteiger partial charge in [0, 0.05) is 11.3 Å². The summed E-state index contributed by atoms with van der Waals surface area (Å²) < 4.78 is 0. The highest BCUT2D eigenvalue weighted by Gasteiger charge is 2.26. The van der Waals surface area contributed by atoms with E-state index in [0.29, 0.717) is 5.25 Å². The van der Waals surface area contributed by atoms with Gasteiger partial charge in [-0.2, -0.15) is 11.8 Å². The minimum atomic E-state index is 0.242. The first-order chi connectivity index (χ1) is 7.83. The number of hydrogen-bond donors (Lipinski definition) is 1. The Morgan fingerprint density at radius 3 is 3.00 bits per heavy atom. The Hall–Kier alpha value is -0.470.